The van der Waals surface area contributed by atoms with Gasteiger partial charge in [0.15, 0.2) is 0 Å². The molecule has 1 aliphatic heterocycles. The van der Waals surface area contributed by atoms with E-state index in [1.165, 1.54) is 0 Å². The van der Waals surface area contributed by atoms with E-state index in [1.807, 2.05) is 44.3 Å². The van der Waals surface area contributed by atoms with Crippen molar-refractivity contribution >= 4 is 28.7 Å². The smallest absolute Gasteiger partial charge is 0.249 e. The number of anilines is 4. The topological polar surface area (TPSA) is 48.5 Å². The molecule has 0 saturated carbocycles. The molecule has 0 bridgehead atoms. The van der Waals surface area contributed by atoms with E-state index in [0.29, 0.717) is 0 Å². The lowest BCUT2D eigenvalue weighted by Gasteiger charge is -2.42. The molecule has 29 heavy (non-hydrogen) atoms. The van der Waals surface area contributed by atoms with Crippen LogP contribution in [0.2, 0.25) is 0 Å². The number of likely N-dealkylation sites (N-methyl/N-ethyl adjacent to an activating group) is 1. The van der Waals surface area contributed by atoms with Crippen molar-refractivity contribution in [2.24, 2.45) is 0 Å². The number of carbonyl (C=O) groups is 1. The Labute approximate surface area is 172 Å². The standard InChI is InChI=1S/C24H26N4O/c1-16(2)28-17(3)24(29)27(4)22-9-8-21(15-23(22)28)26-20-7-5-6-19(14-20)18-10-12-25-13-11-18/h5-17,26H,1-4H3/t17-/m1/s1. The minimum Gasteiger partial charge on any atom is -0.356 e. The third-order valence-electron chi connectivity index (χ3n) is 5.44. The first kappa shape index (κ1) is 19.0. The average molecular weight is 386 g/mol. The number of hydrogen-bond donors (Lipinski definition) is 1. The number of aromatic nitrogens is 1. The maximum Gasteiger partial charge on any atom is 0.249 e. The second-order valence-corrected chi connectivity index (χ2v) is 7.72. The summed E-state index contributed by atoms with van der Waals surface area (Å²) in [7, 11) is 1.85. The van der Waals surface area contributed by atoms with Gasteiger partial charge in [-0.15, -0.1) is 0 Å². The molecule has 4 rings (SSSR count). The van der Waals surface area contributed by atoms with Crippen molar-refractivity contribution in [3.05, 3.63) is 67.0 Å². The summed E-state index contributed by atoms with van der Waals surface area (Å²) in [5.74, 6) is 0.122. The van der Waals surface area contributed by atoms with Crippen LogP contribution in [0.1, 0.15) is 20.8 Å². The Hall–Kier alpha value is -3.34. The Morgan fingerprint density at radius 3 is 2.38 bits per heavy atom. The molecule has 0 saturated heterocycles. The fourth-order valence-corrected chi connectivity index (χ4v) is 4.03. The predicted octanol–water partition coefficient (Wildman–Crippen LogP) is 5.07. The van der Waals surface area contributed by atoms with Crippen LogP contribution in [0.4, 0.5) is 22.7 Å². The first-order valence-corrected chi connectivity index (χ1v) is 9.93. The molecule has 3 aromatic rings. The molecule has 2 aromatic carbocycles. The second kappa shape index (κ2) is 7.59. The molecule has 5 heteroatoms. The van der Waals surface area contributed by atoms with E-state index in [2.05, 4.69) is 53.3 Å². The van der Waals surface area contributed by atoms with E-state index in [9.17, 15) is 4.79 Å². The Balaban J connectivity index is 1.67. The fraction of sp³-hybridized carbons (Fsp3) is 0.250. The molecule has 0 aliphatic carbocycles. The Bertz CT molecular complexity index is 1030. The molecule has 2 heterocycles. The van der Waals surface area contributed by atoms with Crippen molar-refractivity contribution in [3.63, 3.8) is 0 Å². The number of pyridine rings is 1. The van der Waals surface area contributed by atoms with Crippen LogP contribution in [0.15, 0.2) is 67.0 Å². The van der Waals surface area contributed by atoms with Crippen molar-refractivity contribution in [1.82, 2.24) is 4.98 Å². The number of benzene rings is 2. The maximum absolute atomic E-state index is 12.6. The maximum atomic E-state index is 12.6. The molecule has 1 amide bonds. The van der Waals surface area contributed by atoms with Gasteiger partial charge in [-0.3, -0.25) is 9.78 Å². The molecule has 1 N–H and O–H groups in total. The van der Waals surface area contributed by atoms with Gasteiger partial charge >= 0.3 is 0 Å². The number of nitrogens with one attached hydrogen (secondary N) is 1. The number of fused-ring (bicyclic) bond motifs is 1. The summed E-state index contributed by atoms with van der Waals surface area (Å²) in [6.07, 6.45) is 3.61. The van der Waals surface area contributed by atoms with Gasteiger partial charge < -0.3 is 15.1 Å². The van der Waals surface area contributed by atoms with E-state index in [4.69, 9.17) is 0 Å². The van der Waals surface area contributed by atoms with Gasteiger partial charge in [-0.1, -0.05) is 12.1 Å². The van der Waals surface area contributed by atoms with E-state index >= 15 is 0 Å². The highest BCUT2D eigenvalue weighted by atomic mass is 16.2. The summed E-state index contributed by atoms with van der Waals surface area (Å²) in [5, 5.41) is 3.52. The molecule has 0 unspecified atom stereocenters. The van der Waals surface area contributed by atoms with Gasteiger partial charge in [0.1, 0.15) is 6.04 Å². The molecule has 5 nitrogen and oxygen atoms in total. The monoisotopic (exact) mass is 386 g/mol. The Morgan fingerprint density at radius 1 is 0.931 bits per heavy atom. The molecular weight excluding hydrogens is 360 g/mol. The first-order valence-electron chi connectivity index (χ1n) is 9.93. The van der Waals surface area contributed by atoms with Gasteiger partial charge in [0, 0.05) is 36.9 Å². The summed E-state index contributed by atoms with van der Waals surface area (Å²) in [4.78, 5) is 20.7. The van der Waals surface area contributed by atoms with Gasteiger partial charge in [-0.25, -0.2) is 0 Å². The van der Waals surface area contributed by atoms with Crippen LogP contribution in [0.5, 0.6) is 0 Å². The lowest BCUT2D eigenvalue weighted by Crippen LogP contribution is -2.53. The van der Waals surface area contributed by atoms with Crippen molar-refractivity contribution < 1.29 is 4.79 Å². The van der Waals surface area contributed by atoms with Gasteiger partial charge in [-0.05, 0) is 74.4 Å². The number of amides is 1. The summed E-state index contributed by atoms with van der Waals surface area (Å²) in [6, 6.07) is 18.6. The largest absolute Gasteiger partial charge is 0.356 e. The number of nitrogens with zero attached hydrogens (tertiary/aromatic N) is 3. The van der Waals surface area contributed by atoms with Crippen LogP contribution in [0, 0.1) is 0 Å². The van der Waals surface area contributed by atoms with E-state index in [-0.39, 0.29) is 18.0 Å². The summed E-state index contributed by atoms with van der Waals surface area (Å²) >= 11 is 0. The molecule has 1 atom stereocenters. The normalized spacial score (nSPS) is 16.2. The molecule has 0 spiro atoms. The van der Waals surface area contributed by atoms with E-state index in [0.717, 1.165) is 33.9 Å². The zero-order valence-electron chi connectivity index (χ0n) is 17.3. The van der Waals surface area contributed by atoms with Crippen LogP contribution in [0.25, 0.3) is 11.1 Å². The SMILES string of the molecule is CC(C)N1c2cc(Nc3cccc(-c4ccncc4)c3)ccc2N(C)C(=O)[C@H]1C. The number of carbonyl (C=O) groups excluding carboxylic acids is 1. The van der Waals surface area contributed by atoms with Crippen molar-refractivity contribution in [1.29, 1.82) is 0 Å². The molecule has 0 radical (unpaired) electrons. The van der Waals surface area contributed by atoms with Crippen LogP contribution in [-0.2, 0) is 4.79 Å². The third kappa shape index (κ3) is 3.56. The van der Waals surface area contributed by atoms with Crippen molar-refractivity contribution in [2.45, 2.75) is 32.9 Å². The minimum absolute atomic E-state index is 0.122. The predicted molar refractivity (Wildman–Crippen MR) is 120 cm³/mol. The van der Waals surface area contributed by atoms with Gasteiger partial charge in [0.05, 0.1) is 11.4 Å². The quantitative estimate of drug-likeness (QED) is 0.680. The van der Waals surface area contributed by atoms with Crippen molar-refractivity contribution in [3.8, 4) is 11.1 Å². The van der Waals surface area contributed by atoms with E-state index < -0.39 is 0 Å². The third-order valence-corrected chi connectivity index (χ3v) is 5.44. The summed E-state index contributed by atoms with van der Waals surface area (Å²) in [5.41, 5.74) is 6.30. The number of rotatable bonds is 4. The summed E-state index contributed by atoms with van der Waals surface area (Å²) < 4.78 is 0. The van der Waals surface area contributed by atoms with Gasteiger partial charge in [0.25, 0.3) is 0 Å². The fourth-order valence-electron chi connectivity index (χ4n) is 4.03. The highest BCUT2D eigenvalue weighted by Crippen LogP contribution is 2.39. The highest BCUT2D eigenvalue weighted by Gasteiger charge is 2.34. The molecule has 1 aliphatic rings. The summed E-state index contributed by atoms with van der Waals surface area (Å²) in [6.45, 7) is 6.22. The molecule has 148 valence electrons. The van der Waals surface area contributed by atoms with Gasteiger partial charge in [0.2, 0.25) is 5.91 Å². The molecule has 0 fully saturated rings. The van der Waals surface area contributed by atoms with E-state index in [1.54, 1.807) is 17.3 Å². The lowest BCUT2D eigenvalue weighted by atomic mass is 10.0. The zero-order valence-corrected chi connectivity index (χ0v) is 17.3. The lowest BCUT2D eigenvalue weighted by molar-refractivity contribution is -0.119. The Kier molecular flexibility index (Phi) is 4.97. The second-order valence-electron chi connectivity index (χ2n) is 7.72. The Morgan fingerprint density at radius 2 is 1.66 bits per heavy atom. The average Bonchev–Trinajstić information content (AvgIpc) is 2.73. The van der Waals surface area contributed by atoms with Gasteiger partial charge in [-0.2, -0.15) is 0 Å². The first-order chi connectivity index (χ1) is 14.0. The van der Waals surface area contributed by atoms with Crippen LogP contribution in [0.3, 0.4) is 0 Å². The zero-order chi connectivity index (χ0) is 20.5. The molecular formula is C24H26N4O. The van der Waals surface area contributed by atoms with Crippen LogP contribution >= 0.6 is 0 Å². The number of hydrogen-bond acceptors (Lipinski definition) is 4. The van der Waals surface area contributed by atoms with Crippen LogP contribution in [-0.4, -0.2) is 30.0 Å². The molecule has 1 aromatic heterocycles. The minimum atomic E-state index is -0.183. The van der Waals surface area contributed by atoms with Crippen LogP contribution < -0.4 is 15.1 Å². The highest BCUT2D eigenvalue weighted by molar-refractivity contribution is 6.05. The van der Waals surface area contributed by atoms with Crippen molar-refractivity contribution in [2.75, 3.05) is 22.2 Å².